The number of nitrogens with zero attached hydrogens (tertiary/aromatic N) is 3. The number of halogens is 2. The first-order chi connectivity index (χ1) is 14.1. The summed E-state index contributed by atoms with van der Waals surface area (Å²) >= 11 is 5.81. The number of amides is 2. The highest BCUT2D eigenvalue weighted by Gasteiger charge is 2.17. The van der Waals surface area contributed by atoms with Crippen molar-refractivity contribution >= 4 is 53.3 Å². The molecule has 0 radical (unpaired) electrons. The molecule has 0 bridgehead atoms. The van der Waals surface area contributed by atoms with E-state index in [-0.39, 0.29) is 30.0 Å². The SMILES string of the molecule is CN=C(NCCc1ccc(Cl)nc1)NCc1cccc(NC(=O)N2CCCC2)c1.I. The molecule has 1 aromatic carbocycles. The molecule has 3 N–H and O–H groups in total. The average Bonchev–Trinajstić information content (AvgIpc) is 3.27. The Balaban J connectivity index is 0.00000320. The first-order valence-corrected chi connectivity index (χ1v) is 10.2. The molecule has 0 saturated carbocycles. The van der Waals surface area contributed by atoms with E-state index in [9.17, 15) is 4.79 Å². The summed E-state index contributed by atoms with van der Waals surface area (Å²) < 4.78 is 0. The molecular formula is C21H28ClIN6O. The van der Waals surface area contributed by atoms with Crippen LogP contribution in [0.2, 0.25) is 5.15 Å². The number of hydrogen-bond acceptors (Lipinski definition) is 3. The summed E-state index contributed by atoms with van der Waals surface area (Å²) in [6, 6.07) is 11.6. The summed E-state index contributed by atoms with van der Waals surface area (Å²) in [4.78, 5) is 22.4. The van der Waals surface area contributed by atoms with Crippen LogP contribution in [0.25, 0.3) is 0 Å². The summed E-state index contributed by atoms with van der Waals surface area (Å²) in [5, 5.41) is 10.1. The molecule has 0 unspecified atom stereocenters. The number of likely N-dealkylation sites (tertiary alicyclic amines) is 1. The Morgan fingerprint density at radius 1 is 1.17 bits per heavy atom. The second-order valence-corrected chi connectivity index (χ2v) is 7.30. The van der Waals surface area contributed by atoms with Gasteiger partial charge >= 0.3 is 6.03 Å². The van der Waals surface area contributed by atoms with Crippen molar-refractivity contribution in [3.05, 3.63) is 58.9 Å². The number of rotatable bonds is 6. The third-order valence-electron chi connectivity index (χ3n) is 4.75. The van der Waals surface area contributed by atoms with Crippen LogP contribution in [0.4, 0.5) is 10.5 Å². The number of nitrogens with one attached hydrogen (secondary N) is 3. The monoisotopic (exact) mass is 542 g/mol. The smallest absolute Gasteiger partial charge is 0.321 e. The van der Waals surface area contributed by atoms with Crippen molar-refractivity contribution in [3.8, 4) is 0 Å². The third-order valence-corrected chi connectivity index (χ3v) is 4.97. The van der Waals surface area contributed by atoms with Crippen molar-refractivity contribution in [1.29, 1.82) is 0 Å². The summed E-state index contributed by atoms with van der Waals surface area (Å²) in [5.41, 5.74) is 2.98. The molecule has 2 aromatic rings. The number of carbonyl (C=O) groups is 1. The van der Waals surface area contributed by atoms with Gasteiger partial charge in [-0.15, -0.1) is 24.0 Å². The molecule has 1 fully saturated rings. The molecule has 9 heteroatoms. The zero-order valence-electron chi connectivity index (χ0n) is 17.0. The van der Waals surface area contributed by atoms with E-state index < -0.39 is 0 Å². The highest BCUT2D eigenvalue weighted by Crippen LogP contribution is 2.14. The number of urea groups is 1. The lowest BCUT2D eigenvalue weighted by atomic mass is 10.2. The van der Waals surface area contributed by atoms with Crippen LogP contribution in [-0.4, -0.2) is 48.6 Å². The zero-order valence-corrected chi connectivity index (χ0v) is 20.1. The fourth-order valence-electron chi connectivity index (χ4n) is 3.17. The van der Waals surface area contributed by atoms with Crippen molar-refractivity contribution in [1.82, 2.24) is 20.5 Å². The van der Waals surface area contributed by atoms with Crippen LogP contribution in [0.5, 0.6) is 0 Å². The molecule has 0 spiro atoms. The normalized spacial score (nSPS) is 13.5. The number of guanidine groups is 1. The van der Waals surface area contributed by atoms with Crippen LogP contribution in [-0.2, 0) is 13.0 Å². The van der Waals surface area contributed by atoms with Crippen LogP contribution < -0.4 is 16.0 Å². The van der Waals surface area contributed by atoms with E-state index in [1.165, 1.54) is 0 Å². The third kappa shape index (κ3) is 7.64. The van der Waals surface area contributed by atoms with E-state index in [1.54, 1.807) is 19.3 Å². The van der Waals surface area contributed by atoms with Gasteiger partial charge in [-0.2, -0.15) is 0 Å². The summed E-state index contributed by atoms with van der Waals surface area (Å²) in [7, 11) is 1.74. The van der Waals surface area contributed by atoms with Crippen molar-refractivity contribution in [2.45, 2.75) is 25.8 Å². The van der Waals surface area contributed by atoms with Crippen molar-refractivity contribution < 1.29 is 4.79 Å². The van der Waals surface area contributed by atoms with Gasteiger partial charge < -0.3 is 20.9 Å². The number of benzene rings is 1. The molecule has 162 valence electrons. The number of aliphatic imine (C=N–C) groups is 1. The molecule has 3 rings (SSSR count). The Labute approximate surface area is 199 Å². The minimum atomic E-state index is -0.0261. The Bertz CT molecular complexity index is 840. The van der Waals surface area contributed by atoms with Gasteiger partial charge in [0, 0.05) is 45.1 Å². The van der Waals surface area contributed by atoms with E-state index >= 15 is 0 Å². The number of aromatic nitrogens is 1. The van der Waals surface area contributed by atoms with Gasteiger partial charge in [0.2, 0.25) is 0 Å². The second kappa shape index (κ2) is 12.6. The maximum atomic E-state index is 12.3. The van der Waals surface area contributed by atoms with E-state index in [1.807, 2.05) is 35.2 Å². The van der Waals surface area contributed by atoms with Gasteiger partial charge in [-0.05, 0) is 48.6 Å². The molecule has 0 aliphatic carbocycles. The Kier molecular flexibility index (Phi) is 10.2. The fraction of sp³-hybridized carbons (Fsp3) is 0.381. The molecule has 1 saturated heterocycles. The van der Waals surface area contributed by atoms with Gasteiger partial charge in [-0.25, -0.2) is 9.78 Å². The van der Waals surface area contributed by atoms with Gasteiger partial charge in [-0.1, -0.05) is 29.8 Å². The highest BCUT2D eigenvalue weighted by atomic mass is 127. The van der Waals surface area contributed by atoms with Gasteiger partial charge in [0.05, 0.1) is 0 Å². The first kappa shape index (κ1) is 24.2. The molecule has 1 aliphatic heterocycles. The van der Waals surface area contributed by atoms with Gasteiger partial charge in [0.1, 0.15) is 5.15 Å². The Hall–Kier alpha value is -2.07. The predicted octanol–water partition coefficient (Wildman–Crippen LogP) is 3.89. The lowest BCUT2D eigenvalue weighted by Gasteiger charge is -2.17. The summed E-state index contributed by atoms with van der Waals surface area (Å²) in [6.07, 6.45) is 4.76. The molecule has 1 aromatic heterocycles. The topological polar surface area (TPSA) is 81.6 Å². The standard InChI is InChI=1S/C21H27ClN6O.HI/c1-23-20(24-10-9-16-7-8-19(22)25-14-16)26-15-17-5-4-6-18(13-17)27-21(29)28-11-2-3-12-28;/h4-8,13-14H,2-3,9-12,15H2,1H3,(H,27,29)(H2,23,24,26);1H. The number of pyridine rings is 1. The van der Waals surface area contributed by atoms with Crippen LogP contribution >= 0.6 is 35.6 Å². The van der Waals surface area contributed by atoms with Crippen LogP contribution in [0.3, 0.4) is 0 Å². The van der Waals surface area contributed by atoms with E-state index in [4.69, 9.17) is 11.6 Å². The van der Waals surface area contributed by atoms with Gasteiger partial charge in [0.25, 0.3) is 0 Å². The number of carbonyl (C=O) groups excluding carboxylic acids is 1. The largest absolute Gasteiger partial charge is 0.356 e. The highest BCUT2D eigenvalue weighted by molar-refractivity contribution is 14.0. The Morgan fingerprint density at radius 2 is 1.97 bits per heavy atom. The maximum absolute atomic E-state index is 12.3. The fourth-order valence-corrected chi connectivity index (χ4v) is 3.28. The maximum Gasteiger partial charge on any atom is 0.321 e. The first-order valence-electron chi connectivity index (χ1n) is 9.84. The van der Waals surface area contributed by atoms with E-state index in [0.717, 1.165) is 61.7 Å². The molecule has 2 amide bonds. The van der Waals surface area contributed by atoms with Crippen LogP contribution in [0, 0.1) is 0 Å². The zero-order chi connectivity index (χ0) is 20.5. The minimum absolute atomic E-state index is 0. The predicted molar refractivity (Wildman–Crippen MR) is 133 cm³/mol. The quantitative estimate of drug-likeness (QED) is 0.224. The number of hydrogen-bond donors (Lipinski definition) is 3. The van der Waals surface area contributed by atoms with Gasteiger partial charge in [-0.3, -0.25) is 4.99 Å². The second-order valence-electron chi connectivity index (χ2n) is 6.92. The molecule has 30 heavy (non-hydrogen) atoms. The minimum Gasteiger partial charge on any atom is -0.356 e. The summed E-state index contributed by atoms with van der Waals surface area (Å²) in [5.74, 6) is 0.721. The van der Waals surface area contributed by atoms with Crippen LogP contribution in [0.1, 0.15) is 24.0 Å². The van der Waals surface area contributed by atoms with Crippen molar-refractivity contribution in [3.63, 3.8) is 0 Å². The molecule has 0 atom stereocenters. The van der Waals surface area contributed by atoms with Gasteiger partial charge in [0.15, 0.2) is 5.96 Å². The van der Waals surface area contributed by atoms with Crippen molar-refractivity contribution in [2.75, 3.05) is 32.0 Å². The van der Waals surface area contributed by atoms with E-state index in [2.05, 4.69) is 25.9 Å². The Morgan fingerprint density at radius 3 is 2.67 bits per heavy atom. The lowest BCUT2D eigenvalue weighted by molar-refractivity contribution is 0.222. The van der Waals surface area contributed by atoms with Crippen LogP contribution in [0.15, 0.2) is 47.6 Å². The average molecular weight is 543 g/mol. The molecule has 2 heterocycles. The molecule has 1 aliphatic rings. The van der Waals surface area contributed by atoms with Crippen molar-refractivity contribution in [2.24, 2.45) is 4.99 Å². The van der Waals surface area contributed by atoms with E-state index in [0.29, 0.717) is 11.7 Å². The molecular weight excluding hydrogens is 515 g/mol. The summed E-state index contributed by atoms with van der Waals surface area (Å²) in [6.45, 7) is 3.01. The molecule has 7 nitrogen and oxygen atoms in total. The lowest BCUT2D eigenvalue weighted by Crippen LogP contribution is -2.37. The number of anilines is 1.